The van der Waals surface area contributed by atoms with Crippen LogP contribution in [0.5, 0.6) is 11.5 Å². The number of likely N-dealkylation sites (N-methyl/N-ethyl adjacent to an activating group) is 1. The maximum Gasteiger partial charge on any atom is 0.165 e. The van der Waals surface area contributed by atoms with Crippen molar-refractivity contribution in [1.82, 2.24) is 4.90 Å². The first-order valence-electron chi connectivity index (χ1n) is 10.0. The second-order valence-corrected chi connectivity index (χ2v) is 9.67. The number of nitrogens with zero attached hydrogens (tertiary/aromatic N) is 1. The normalized spacial score (nSPS) is 44.3. The largest absolute Gasteiger partial charge is 0.493 e. The van der Waals surface area contributed by atoms with E-state index in [1.807, 2.05) is 11.8 Å². The van der Waals surface area contributed by atoms with Crippen molar-refractivity contribution < 1.29 is 18.9 Å². The Morgan fingerprint density at radius 1 is 1.30 bits per heavy atom. The summed E-state index contributed by atoms with van der Waals surface area (Å²) in [5, 5.41) is 0. The Balaban J connectivity index is 1.56. The molecule has 6 heteroatoms. The number of benzene rings is 1. The van der Waals surface area contributed by atoms with E-state index in [1.165, 1.54) is 11.1 Å². The van der Waals surface area contributed by atoms with Gasteiger partial charge in [0.15, 0.2) is 11.5 Å². The first kappa shape index (κ1) is 17.0. The zero-order valence-electron chi connectivity index (χ0n) is 16.1. The van der Waals surface area contributed by atoms with Gasteiger partial charge < -0.3 is 23.8 Å². The summed E-state index contributed by atoms with van der Waals surface area (Å²) in [5.74, 6) is 2.83. The number of hydrogen-bond acceptors (Lipinski definition) is 6. The monoisotopic (exact) mass is 389 g/mol. The van der Waals surface area contributed by atoms with Gasteiger partial charge >= 0.3 is 0 Å². The van der Waals surface area contributed by atoms with Crippen LogP contribution in [0.1, 0.15) is 24.0 Å². The second-order valence-electron chi connectivity index (χ2n) is 8.74. The average Bonchev–Trinajstić information content (AvgIpc) is 3.04. The lowest BCUT2D eigenvalue weighted by molar-refractivity contribution is -0.242. The molecule has 5 nitrogen and oxygen atoms in total. The molecule has 0 radical (unpaired) electrons. The number of fused-ring (bicyclic) bond motifs is 2. The van der Waals surface area contributed by atoms with Gasteiger partial charge in [-0.15, -0.1) is 11.8 Å². The van der Waals surface area contributed by atoms with Crippen molar-refractivity contribution in [2.45, 2.75) is 48.4 Å². The van der Waals surface area contributed by atoms with Crippen LogP contribution in [0.4, 0.5) is 0 Å². The minimum absolute atomic E-state index is 0.0656. The number of hydrogen-bond donors (Lipinski definition) is 0. The predicted octanol–water partition coefficient (Wildman–Crippen LogP) is 2.65. The van der Waals surface area contributed by atoms with Crippen molar-refractivity contribution in [3.63, 3.8) is 0 Å². The first-order valence-corrected chi connectivity index (χ1v) is 11.3. The van der Waals surface area contributed by atoms with Crippen molar-refractivity contribution in [2.24, 2.45) is 11.8 Å². The van der Waals surface area contributed by atoms with Gasteiger partial charge in [-0.25, -0.2) is 0 Å². The van der Waals surface area contributed by atoms with Gasteiger partial charge in [-0.1, -0.05) is 6.07 Å². The van der Waals surface area contributed by atoms with Gasteiger partial charge in [-0.05, 0) is 56.7 Å². The number of thioether (sulfide) groups is 1. The Bertz CT molecular complexity index is 788. The van der Waals surface area contributed by atoms with Gasteiger partial charge in [-0.3, -0.25) is 0 Å². The van der Waals surface area contributed by atoms with E-state index in [1.54, 1.807) is 7.11 Å². The van der Waals surface area contributed by atoms with Gasteiger partial charge in [0, 0.05) is 22.9 Å². The summed E-state index contributed by atoms with van der Waals surface area (Å²) in [6.45, 7) is 1.49. The highest BCUT2D eigenvalue weighted by molar-refractivity contribution is 7.99. The summed E-state index contributed by atoms with van der Waals surface area (Å²) in [5.41, 5.74) is 3.15. The molecule has 7 atom stereocenters. The van der Waals surface area contributed by atoms with E-state index in [9.17, 15) is 0 Å². The smallest absolute Gasteiger partial charge is 0.165 e. The van der Waals surface area contributed by atoms with Gasteiger partial charge in [0.05, 0.1) is 7.11 Å². The fraction of sp³-hybridized carbons (Fsp3) is 0.714. The van der Waals surface area contributed by atoms with Crippen molar-refractivity contribution in [3.05, 3.63) is 23.3 Å². The molecule has 5 aliphatic rings. The zero-order valence-corrected chi connectivity index (χ0v) is 17.0. The summed E-state index contributed by atoms with van der Waals surface area (Å²) in [4.78, 5) is 2.58. The average molecular weight is 390 g/mol. The minimum Gasteiger partial charge on any atom is -0.493 e. The van der Waals surface area contributed by atoms with E-state index >= 15 is 0 Å². The van der Waals surface area contributed by atoms with Crippen LogP contribution in [0.2, 0.25) is 0 Å². The van der Waals surface area contributed by atoms with Crippen molar-refractivity contribution >= 4 is 11.8 Å². The van der Waals surface area contributed by atoms with E-state index < -0.39 is 0 Å². The lowest BCUT2D eigenvalue weighted by Gasteiger charge is -2.61. The van der Waals surface area contributed by atoms with Crippen LogP contribution in [0.15, 0.2) is 12.1 Å². The lowest BCUT2D eigenvalue weighted by atomic mass is 9.49. The van der Waals surface area contributed by atoms with Crippen molar-refractivity contribution in [1.29, 1.82) is 0 Å². The molecule has 2 bridgehead atoms. The molecule has 0 amide bonds. The molecule has 1 aromatic carbocycles. The van der Waals surface area contributed by atoms with Gasteiger partial charge in [0.2, 0.25) is 0 Å². The summed E-state index contributed by atoms with van der Waals surface area (Å²) >= 11 is 1.82. The molecule has 146 valence electrons. The SMILES string of the molecule is COc1ccc2c3c1O[C@@H]1C4OCOC(SC)[C@@H]4CC4C(C2)N(C)CC[C@]341. The van der Waals surface area contributed by atoms with Crippen molar-refractivity contribution in [2.75, 3.05) is 33.8 Å². The minimum atomic E-state index is 0.0656. The molecular weight excluding hydrogens is 362 g/mol. The van der Waals surface area contributed by atoms with Gasteiger partial charge in [0.25, 0.3) is 0 Å². The van der Waals surface area contributed by atoms with Crippen LogP contribution in [-0.2, 0) is 21.3 Å². The number of methoxy groups -OCH3 is 1. The highest BCUT2D eigenvalue weighted by Gasteiger charge is 2.68. The molecule has 27 heavy (non-hydrogen) atoms. The molecule has 6 rings (SSSR count). The third kappa shape index (κ3) is 1.98. The van der Waals surface area contributed by atoms with E-state index in [2.05, 4.69) is 30.3 Å². The number of rotatable bonds is 2. The quantitative estimate of drug-likeness (QED) is 0.775. The summed E-state index contributed by atoms with van der Waals surface area (Å²) in [7, 11) is 4.04. The third-order valence-electron chi connectivity index (χ3n) is 7.97. The maximum absolute atomic E-state index is 6.76. The fourth-order valence-corrected chi connectivity index (χ4v) is 7.70. The van der Waals surface area contributed by atoms with E-state index in [-0.39, 0.29) is 23.1 Å². The molecule has 0 aromatic heterocycles. The van der Waals surface area contributed by atoms with Crippen LogP contribution < -0.4 is 9.47 Å². The molecule has 1 aromatic rings. The molecule has 2 saturated heterocycles. The van der Waals surface area contributed by atoms with Crippen LogP contribution in [0.3, 0.4) is 0 Å². The van der Waals surface area contributed by atoms with Crippen LogP contribution in [0, 0.1) is 11.8 Å². The maximum atomic E-state index is 6.76. The third-order valence-corrected chi connectivity index (χ3v) is 8.92. The Hall–Kier alpha value is -0.950. The molecular formula is C21H27NO4S. The van der Waals surface area contributed by atoms with Gasteiger partial charge in [0.1, 0.15) is 24.4 Å². The van der Waals surface area contributed by atoms with Crippen molar-refractivity contribution in [3.8, 4) is 11.5 Å². The van der Waals surface area contributed by atoms with E-state index in [0.717, 1.165) is 37.3 Å². The fourth-order valence-electron chi connectivity index (χ4n) is 6.89. The lowest BCUT2D eigenvalue weighted by Crippen LogP contribution is -2.70. The topological polar surface area (TPSA) is 40.2 Å². The predicted molar refractivity (Wildman–Crippen MR) is 104 cm³/mol. The van der Waals surface area contributed by atoms with E-state index in [0.29, 0.717) is 24.7 Å². The molecule has 4 unspecified atom stereocenters. The van der Waals surface area contributed by atoms with Gasteiger partial charge in [-0.2, -0.15) is 0 Å². The zero-order chi connectivity index (χ0) is 18.3. The molecule has 3 fully saturated rings. The molecule has 1 spiro atoms. The van der Waals surface area contributed by atoms with Crippen LogP contribution in [-0.4, -0.2) is 62.3 Å². The first-order chi connectivity index (χ1) is 13.2. The Morgan fingerprint density at radius 2 is 2.19 bits per heavy atom. The Labute approximate surface area is 164 Å². The summed E-state index contributed by atoms with van der Waals surface area (Å²) < 4.78 is 24.7. The molecule has 3 heterocycles. The molecule has 3 aliphatic heterocycles. The highest BCUT2D eigenvalue weighted by Crippen LogP contribution is 2.65. The number of ether oxygens (including phenoxy) is 4. The second kappa shape index (κ2) is 5.78. The number of piperidine rings is 1. The standard InChI is InChI=1S/C21H27NO4S/c1-22-7-6-21-13-9-12-17(24-10-25-20(12)27-3)19(21)26-18-15(23-2)5-4-11(16(18)21)8-14(13)22/h4-5,12-14,17,19-20H,6-10H2,1-3H3/t12-,13?,14?,17?,19-,20?,21-/m1/s1. The van der Waals surface area contributed by atoms with Crippen LogP contribution >= 0.6 is 11.8 Å². The highest BCUT2D eigenvalue weighted by atomic mass is 32.2. The number of likely N-dealkylation sites (tertiary alicyclic amines) is 1. The van der Waals surface area contributed by atoms with E-state index in [4.69, 9.17) is 18.9 Å². The Kier molecular flexibility index (Phi) is 3.63. The molecule has 1 saturated carbocycles. The molecule has 2 aliphatic carbocycles. The summed E-state index contributed by atoms with van der Waals surface area (Å²) in [6, 6.07) is 4.93. The Morgan fingerprint density at radius 3 is 3.00 bits per heavy atom. The molecule has 0 N–H and O–H groups in total. The van der Waals surface area contributed by atoms with Crippen LogP contribution in [0.25, 0.3) is 0 Å². The summed E-state index contributed by atoms with van der Waals surface area (Å²) in [6.07, 6.45) is 5.72.